The normalized spacial score (nSPS) is 11.9. The predicted molar refractivity (Wildman–Crippen MR) is 96.0 cm³/mol. The van der Waals surface area contributed by atoms with E-state index in [-0.39, 0.29) is 0 Å². The summed E-state index contributed by atoms with van der Waals surface area (Å²) in [7, 11) is 0. The molecule has 3 rings (SSSR count). The molecule has 166 valence electrons. The monoisotopic (exact) mass is 452 g/mol. The van der Waals surface area contributed by atoms with Crippen LogP contribution in [-0.4, -0.2) is 11.9 Å². The molecule has 0 bridgehead atoms. The highest BCUT2D eigenvalue weighted by Crippen LogP contribution is 2.44. The van der Waals surface area contributed by atoms with Gasteiger partial charge in [-0.1, -0.05) is 48.5 Å². The summed E-state index contributed by atoms with van der Waals surface area (Å²) in [6, 6.07) is 8.74. The first-order chi connectivity index (χ1) is 14.8. The number of halogens is 6. The minimum absolute atomic E-state index is 0.587. The van der Waals surface area contributed by atoms with Gasteiger partial charge in [-0.3, -0.25) is 0 Å². The fourth-order valence-electron chi connectivity index (χ4n) is 3.40. The van der Waals surface area contributed by atoms with Crippen molar-refractivity contribution in [3.8, 4) is 22.3 Å². The van der Waals surface area contributed by atoms with Crippen LogP contribution in [0.4, 0.5) is 26.3 Å². The van der Waals surface area contributed by atoms with Gasteiger partial charge >= 0.3 is 12.4 Å². The summed E-state index contributed by atoms with van der Waals surface area (Å²) in [6.07, 6.45) is -9.96. The summed E-state index contributed by atoms with van der Waals surface area (Å²) < 4.78 is 81.2. The summed E-state index contributed by atoms with van der Waals surface area (Å²) in [5, 5.41) is 23.6. The molecular formula is C22H10F6O4-2. The van der Waals surface area contributed by atoms with Crippen LogP contribution in [0.3, 0.4) is 0 Å². The van der Waals surface area contributed by atoms with E-state index in [2.05, 4.69) is 0 Å². The van der Waals surface area contributed by atoms with E-state index in [9.17, 15) is 46.1 Å². The maximum Gasteiger partial charge on any atom is 0.417 e. The lowest BCUT2D eigenvalue weighted by Gasteiger charge is -2.24. The van der Waals surface area contributed by atoms with E-state index in [0.717, 1.165) is 36.4 Å². The highest BCUT2D eigenvalue weighted by atomic mass is 19.4. The molecule has 0 aliphatic rings. The molecule has 0 aliphatic heterocycles. The van der Waals surface area contributed by atoms with Crippen LogP contribution in [0.5, 0.6) is 0 Å². The summed E-state index contributed by atoms with van der Waals surface area (Å²) in [4.78, 5) is 23.6. The second-order valence-electron chi connectivity index (χ2n) is 6.57. The highest BCUT2D eigenvalue weighted by molar-refractivity contribution is 6.09. The topological polar surface area (TPSA) is 80.3 Å². The molecule has 0 spiro atoms. The van der Waals surface area contributed by atoms with Crippen LogP contribution in [0.1, 0.15) is 31.8 Å². The third-order valence-corrected chi connectivity index (χ3v) is 4.65. The van der Waals surface area contributed by atoms with Crippen molar-refractivity contribution in [3.05, 3.63) is 82.9 Å². The maximum atomic E-state index is 13.6. The molecule has 3 aromatic carbocycles. The molecular weight excluding hydrogens is 442 g/mol. The van der Waals surface area contributed by atoms with Crippen LogP contribution >= 0.6 is 0 Å². The molecule has 0 fully saturated rings. The molecule has 0 amide bonds. The van der Waals surface area contributed by atoms with Crippen LogP contribution in [-0.2, 0) is 12.4 Å². The van der Waals surface area contributed by atoms with Crippen LogP contribution in [0.25, 0.3) is 22.3 Å². The van der Waals surface area contributed by atoms with Gasteiger partial charge in [0.05, 0.1) is 23.1 Å². The average Bonchev–Trinajstić information content (AvgIpc) is 2.71. The van der Waals surface area contributed by atoms with E-state index in [1.807, 2.05) is 0 Å². The number of alkyl halides is 6. The molecule has 0 saturated heterocycles. The van der Waals surface area contributed by atoms with Crippen molar-refractivity contribution in [2.75, 3.05) is 0 Å². The van der Waals surface area contributed by atoms with Crippen molar-refractivity contribution in [2.45, 2.75) is 12.4 Å². The minimum atomic E-state index is -5.02. The number of benzene rings is 3. The largest absolute Gasteiger partial charge is 0.545 e. The number of aromatic carboxylic acids is 2. The predicted octanol–water partition coefficient (Wildman–Crippen LogP) is 3.79. The first-order valence-electron chi connectivity index (χ1n) is 8.77. The van der Waals surface area contributed by atoms with Crippen molar-refractivity contribution in [2.24, 2.45) is 0 Å². The van der Waals surface area contributed by atoms with Gasteiger partial charge in [-0.2, -0.15) is 26.3 Å². The van der Waals surface area contributed by atoms with E-state index in [1.165, 1.54) is 6.07 Å². The minimum Gasteiger partial charge on any atom is -0.545 e. The van der Waals surface area contributed by atoms with Crippen molar-refractivity contribution >= 4 is 11.9 Å². The van der Waals surface area contributed by atoms with E-state index in [1.54, 1.807) is 0 Å². The quantitative estimate of drug-likeness (QED) is 0.565. The Kier molecular flexibility index (Phi) is 5.73. The van der Waals surface area contributed by atoms with Gasteiger partial charge < -0.3 is 19.8 Å². The molecule has 0 radical (unpaired) electrons. The Morgan fingerprint density at radius 3 is 1.53 bits per heavy atom. The fraction of sp³-hybridized carbons (Fsp3) is 0.0909. The van der Waals surface area contributed by atoms with Crippen LogP contribution < -0.4 is 10.2 Å². The Hall–Kier alpha value is -3.82. The Bertz CT molecular complexity index is 1210. The molecule has 0 N–H and O–H groups in total. The lowest BCUT2D eigenvalue weighted by Crippen LogP contribution is -2.28. The second-order valence-corrected chi connectivity index (χ2v) is 6.57. The van der Waals surface area contributed by atoms with Gasteiger partial charge in [0.25, 0.3) is 0 Å². The first kappa shape index (κ1) is 22.9. The van der Waals surface area contributed by atoms with E-state index in [4.69, 9.17) is 0 Å². The molecule has 0 atom stereocenters. The molecule has 0 unspecified atom stereocenters. The SMILES string of the molecule is O=C([O-])c1ccc(-c2ccccc2C(F)(F)F)c(C(=O)[O-])c1-c1ccccc1C(F)(F)F. The number of carbonyl (C=O) groups excluding carboxylic acids is 2. The number of carboxylic acid groups (broad SMARTS) is 2. The van der Waals surface area contributed by atoms with Gasteiger partial charge in [0.15, 0.2) is 0 Å². The highest BCUT2D eigenvalue weighted by Gasteiger charge is 2.36. The lowest BCUT2D eigenvalue weighted by atomic mass is 9.85. The Morgan fingerprint density at radius 2 is 1.06 bits per heavy atom. The Morgan fingerprint density at radius 1 is 0.594 bits per heavy atom. The maximum absolute atomic E-state index is 13.6. The number of rotatable bonds is 4. The molecule has 3 aromatic rings. The summed E-state index contributed by atoms with van der Waals surface area (Å²) in [6.45, 7) is 0. The average molecular weight is 452 g/mol. The summed E-state index contributed by atoms with van der Waals surface area (Å²) >= 11 is 0. The van der Waals surface area contributed by atoms with Gasteiger partial charge in [0.1, 0.15) is 0 Å². The first-order valence-corrected chi connectivity index (χ1v) is 8.77. The van der Waals surface area contributed by atoms with E-state index in [0.29, 0.717) is 18.2 Å². The molecule has 0 aliphatic carbocycles. The zero-order valence-corrected chi connectivity index (χ0v) is 15.7. The zero-order valence-electron chi connectivity index (χ0n) is 15.7. The van der Waals surface area contributed by atoms with Crippen molar-refractivity contribution in [1.29, 1.82) is 0 Å². The number of hydrogen-bond donors (Lipinski definition) is 0. The van der Waals surface area contributed by atoms with Crippen molar-refractivity contribution < 1.29 is 46.1 Å². The third kappa shape index (κ3) is 4.16. The molecule has 0 heterocycles. The smallest absolute Gasteiger partial charge is 0.417 e. The lowest BCUT2D eigenvalue weighted by molar-refractivity contribution is -0.255. The molecule has 0 aromatic heterocycles. The van der Waals surface area contributed by atoms with Gasteiger partial charge in [-0.15, -0.1) is 0 Å². The van der Waals surface area contributed by atoms with Crippen molar-refractivity contribution in [1.82, 2.24) is 0 Å². The van der Waals surface area contributed by atoms with E-state index < -0.39 is 68.8 Å². The Labute approximate surface area is 176 Å². The summed E-state index contributed by atoms with van der Waals surface area (Å²) in [5.74, 6) is -4.18. The zero-order chi connectivity index (χ0) is 23.8. The Balaban J connectivity index is 2.52. The third-order valence-electron chi connectivity index (χ3n) is 4.65. The summed E-state index contributed by atoms with van der Waals surface area (Å²) in [5.41, 5.74) is -7.89. The van der Waals surface area contributed by atoms with Gasteiger partial charge in [0, 0.05) is 16.7 Å². The number of hydrogen-bond acceptors (Lipinski definition) is 4. The second kappa shape index (κ2) is 8.03. The van der Waals surface area contributed by atoms with Crippen LogP contribution in [0.15, 0.2) is 60.7 Å². The van der Waals surface area contributed by atoms with Crippen LogP contribution in [0.2, 0.25) is 0 Å². The molecule has 0 saturated carbocycles. The molecule has 10 heteroatoms. The van der Waals surface area contributed by atoms with Crippen LogP contribution in [0, 0.1) is 0 Å². The van der Waals surface area contributed by atoms with Gasteiger partial charge in [-0.05, 0) is 28.8 Å². The fourth-order valence-corrected chi connectivity index (χ4v) is 3.40. The van der Waals surface area contributed by atoms with E-state index >= 15 is 0 Å². The standard InChI is InChI=1S/C22H12F6O4/c23-21(24,25)15-7-3-1-5-11(15)12-9-10-14(19(29)30)17(18(12)20(31)32)13-6-2-4-8-16(13)22(26,27)28/h1-10H,(H,29,30)(H,31,32)/p-2. The molecule has 32 heavy (non-hydrogen) atoms. The number of carboxylic acids is 2. The molecule has 4 nitrogen and oxygen atoms in total. The van der Waals surface area contributed by atoms with Gasteiger partial charge in [-0.25, -0.2) is 0 Å². The van der Waals surface area contributed by atoms with Crippen molar-refractivity contribution in [3.63, 3.8) is 0 Å². The van der Waals surface area contributed by atoms with Gasteiger partial charge in [0.2, 0.25) is 0 Å². The number of carbonyl (C=O) groups is 2.